The summed E-state index contributed by atoms with van der Waals surface area (Å²) in [5, 5.41) is 2.96. The van der Waals surface area contributed by atoms with Crippen LogP contribution in [0.2, 0.25) is 0 Å². The molecular weight excluding hydrogens is 334 g/mol. The summed E-state index contributed by atoms with van der Waals surface area (Å²) in [6, 6.07) is 7.35. The SMILES string of the molecule is COc1ncccc1CN1C[C@@H]2[C@@H](CNC(=O)c3ccco3)CO[C@@H]2C1. The number of furan rings is 1. The average Bonchev–Trinajstić information content (AvgIpc) is 3.38. The summed E-state index contributed by atoms with van der Waals surface area (Å²) in [4.78, 5) is 18.7. The summed E-state index contributed by atoms with van der Waals surface area (Å²) in [5.41, 5.74) is 1.08. The molecule has 4 heterocycles. The molecule has 1 amide bonds. The van der Waals surface area contributed by atoms with Crippen molar-refractivity contribution in [1.29, 1.82) is 0 Å². The van der Waals surface area contributed by atoms with E-state index in [2.05, 4.69) is 15.2 Å². The first-order chi connectivity index (χ1) is 12.7. The molecular formula is C19H23N3O4. The van der Waals surface area contributed by atoms with Crippen LogP contribution in [0.5, 0.6) is 5.88 Å². The molecule has 1 N–H and O–H groups in total. The topological polar surface area (TPSA) is 76.8 Å². The quantitative estimate of drug-likeness (QED) is 0.845. The Morgan fingerprint density at radius 1 is 1.38 bits per heavy atom. The fraction of sp³-hybridized carbons (Fsp3) is 0.474. The molecule has 0 unspecified atom stereocenters. The third-order valence-corrected chi connectivity index (χ3v) is 5.22. The standard InChI is InChI=1S/C19H23N3O4/c1-24-19-13(4-2-6-20-19)9-22-10-15-14(12-26-17(15)11-22)8-21-18(23)16-5-3-7-25-16/h2-7,14-15,17H,8-12H2,1H3,(H,21,23)/t14-,15+,17+/m0/s1. The van der Waals surface area contributed by atoms with E-state index in [-0.39, 0.29) is 12.0 Å². The Morgan fingerprint density at radius 2 is 2.31 bits per heavy atom. The van der Waals surface area contributed by atoms with Crippen molar-refractivity contribution in [3.05, 3.63) is 48.0 Å². The number of rotatable bonds is 6. The van der Waals surface area contributed by atoms with Crippen molar-refractivity contribution in [2.45, 2.75) is 12.6 Å². The number of pyridine rings is 1. The first-order valence-corrected chi connectivity index (χ1v) is 8.88. The van der Waals surface area contributed by atoms with E-state index in [1.165, 1.54) is 6.26 Å². The molecule has 138 valence electrons. The fourth-order valence-corrected chi connectivity index (χ4v) is 3.91. The second-order valence-corrected chi connectivity index (χ2v) is 6.85. The van der Waals surface area contributed by atoms with Crippen molar-refractivity contribution < 1.29 is 18.7 Å². The lowest BCUT2D eigenvalue weighted by Crippen LogP contribution is -2.34. The zero-order valence-corrected chi connectivity index (χ0v) is 14.8. The van der Waals surface area contributed by atoms with Gasteiger partial charge in [0.15, 0.2) is 5.76 Å². The summed E-state index contributed by atoms with van der Waals surface area (Å²) in [6.07, 6.45) is 3.47. The van der Waals surface area contributed by atoms with E-state index in [0.29, 0.717) is 36.6 Å². The highest BCUT2D eigenvalue weighted by Crippen LogP contribution is 2.34. The highest BCUT2D eigenvalue weighted by molar-refractivity contribution is 5.91. The van der Waals surface area contributed by atoms with Gasteiger partial charge in [-0.3, -0.25) is 9.69 Å². The van der Waals surface area contributed by atoms with Gasteiger partial charge in [-0.05, 0) is 18.2 Å². The zero-order valence-electron chi connectivity index (χ0n) is 14.8. The highest BCUT2D eigenvalue weighted by Gasteiger charge is 2.43. The number of fused-ring (bicyclic) bond motifs is 1. The molecule has 0 radical (unpaired) electrons. The molecule has 2 saturated heterocycles. The molecule has 2 aliphatic rings. The first kappa shape index (κ1) is 17.1. The lowest BCUT2D eigenvalue weighted by molar-refractivity contribution is 0.0886. The summed E-state index contributed by atoms with van der Waals surface area (Å²) in [5.74, 6) is 1.59. The molecule has 2 aromatic heterocycles. The first-order valence-electron chi connectivity index (χ1n) is 8.88. The van der Waals surface area contributed by atoms with Crippen LogP contribution >= 0.6 is 0 Å². The Bertz CT molecular complexity index is 749. The fourth-order valence-electron chi connectivity index (χ4n) is 3.91. The van der Waals surface area contributed by atoms with Crippen LogP contribution in [0.15, 0.2) is 41.1 Å². The minimum absolute atomic E-state index is 0.173. The minimum atomic E-state index is -0.173. The maximum Gasteiger partial charge on any atom is 0.286 e. The lowest BCUT2D eigenvalue weighted by atomic mass is 9.93. The number of hydrogen-bond acceptors (Lipinski definition) is 6. The van der Waals surface area contributed by atoms with E-state index in [0.717, 1.165) is 25.2 Å². The predicted molar refractivity (Wildman–Crippen MR) is 93.8 cm³/mol. The minimum Gasteiger partial charge on any atom is -0.481 e. The highest BCUT2D eigenvalue weighted by atomic mass is 16.5. The van der Waals surface area contributed by atoms with Crippen molar-refractivity contribution in [3.63, 3.8) is 0 Å². The summed E-state index contributed by atoms with van der Waals surface area (Å²) in [6.45, 7) is 3.93. The molecule has 0 saturated carbocycles. The molecule has 26 heavy (non-hydrogen) atoms. The molecule has 7 heteroatoms. The lowest BCUT2D eigenvalue weighted by Gasteiger charge is -2.20. The maximum absolute atomic E-state index is 12.1. The van der Waals surface area contributed by atoms with E-state index in [4.69, 9.17) is 13.9 Å². The van der Waals surface area contributed by atoms with Crippen molar-refractivity contribution in [2.75, 3.05) is 33.4 Å². The molecule has 4 rings (SSSR count). The second kappa shape index (κ2) is 7.47. The van der Waals surface area contributed by atoms with Crippen LogP contribution < -0.4 is 10.1 Å². The Kier molecular flexibility index (Phi) is 4.90. The number of methoxy groups -OCH3 is 1. The number of carbonyl (C=O) groups is 1. The Morgan fingerprint density at radius 3 is 3.12 bits per heavy atom. The smallest absolute Gasteiger partial charge is 0.286 e. The summed E-state index contributed by atoms with van der Waals surface area (Å²) in [7, 11) is 1.64. The largest absolute Gasteiger partial charge is 0.481 e. The molecule has 0 aromatic carbocycles. The van der Waals surface area contributed by atoms with Crippen LogP contribution in [0.25, 0.3) is 0 Å². The van der Waals surface area contributed by atoms with Gasteiger partial charge in [-0.1, -0.05) is 6.07 Å². The molecule has 2 aromatic rings. The Labute approximate surface area is 152 Å². The van der Waals surface area contributed by atoms with Gasteiger partial charge in [0.05, 0.1) is 26.1 Å². The van der Waals surface area contributed by atoms with Gasteiger partial charge < -0.3 is 19.2 Å². The van der Waals surface area contributed by atoms with Crippen LogP contribution in [0.1, 0.15) is 16.1 Å². The van der Waals surface area contributed by atoms with E-state index in [1.54, 1.807) is 25.4 Å². The van der Waals surface area contributed by atoms with Gasteiger partial charge in [-0.2, -0.15) is 0 Å². The van der Waals surface area contributed by atoms with Crippen molar-refractivity contribution in [3.8, 4) is 5.88 Å². The van der Waals surface area contributed by atoms with E-state index < -0.39 is 0 Å². The number of nitrogens with zero attached hydrogens (tertiary/aromatic N) is 2. The monoisotopic (exact) mass is 357 g/mol. The molecule has 2 aliphatic heterocycles. The Balaban J connectivity index is 1.33. The maximum atomic E-state index is 12.1. The molecule has 7 nitrogen and oxygen atoms in total. The number of ether oxygens (including phenoxy) is 2. The zero-order chi connectivity index (χ0) is 17.9. The Hall–Kier alpha value is -2.38. The van der Waals surface area contributed by atoms with Gasteiger partial charge >= 0.3 is 0 Å². The van der Waals surface area contributed by atoms with Crippen molar-refractivity contribution in [2.24, 2.45) is 11.8 Å². The number of likely N-dealkylation sites (tertiary alicyclic amines) is 1. The van der Waals surface area contributed by atoms with Crippen molar-refractivity contribution in [1.82, 2.24) is 15.2 Å². The van der Waals surface area contributed by atoms with Crippen LogP contribution in [-0.4, -0.2) is 55.2 Å². The molecule has 3 atom stereocenters. The molecule has 0 aliphatic carbocycles. The number of aromatic nitrogens is 1. The molecule has 0 bridgehead atoms. The molecule has 0 spiro atoms. The van der Waals surface area contributed by atoms with E-state index in [1.807, 2.05) is 12.1 Å². The van der Waals surface area contributed by atoms with Gasteiger partial charge in [0, 0.05) is 49.8 Å². The summed E-state index contributed by atoms with van der Waals surface area (Å²) >= 11 is 0. The number of carbonyl (C=O) groups excluding carboxylic acids is 1. The third kappa shape index (κ3) is 3.45. The van der Waals surface area contributed by atoms with Gasteiger partial charge in [-0.15, -0.1) is 0 Å². The van der Waals surface area contributed by atoms with Crippen molar-refractivity contribution >= 4 is 5.91 Å². The van der Waals surface area contributed by atoms with E-state index >= 15 is 0 Å². The van der Waals surface area contributed by atoms with Gasteiger partial charge in [0.25, 0.3) is 5.91 Å². The normalized spacial score (nSPS) is 25.2. The number of amides is 1. The van der Waals surface area contributed by atoms with E-state index in [9.17, 15) is 4.79 Å². The number of nitrogens with one attached hydrogen (secondary N) is 1. The van der Waals surface area contributed by atoms with Gasteiger partial charge in [0.2, 0.25) is 5.88 Å². The third-order valence-electron chi connectivity index (χ3n) is 5.22. The average molecular weight is 357 g/mol. The van der Waals surface area contributed by atoms with Gasteiger partial charge in [-0.25, -0.2) is 4.98 Å². The van der Waals surface area contributed by atoms with Crippen LogP contribution in [0.4, 0.5) is 0 Å². The summed E-state index contributed by atoms with van der Waals surface area (Å²) < 4.78 is 16.5. The second-order valence-electron chi connectivity index (χ2n) is 6.85. The van der Waals surface area contributed by atoms with Crippen LogP contribution in [0.3, 0.4) is 0 Å². The number of hydrogen-bond donors (Lipinski definition) is 1. The van der Waals surface area contributed by atoms with Gasteiger partial charge in [0.1, 0.15) is 0 Å². The van der Waals surface area contributed by atoms with Crippen LogP contribution in [0, 0.1) is 11.8 Å². The predicted octanol–water partition coefficient (Wildman–Crippen LogP) is 1.56. The molecule has 2 fully saturated rings. The van der Waals surface area contributed by atoms with Crippen LogP contribution in [-0.2, 0) is 11.3 Å².